The van der Waals surface area contributed by atoms with E-state index in [1.54, 1.807) is 37.1 Å². The van der Waals surface area contributed by atoms with E-state index in [-0.39, 0.29) is 5.13 Å². The Labute approximate surface area is 171 Å². The summed E-state index contributed by atoms with van der Waals surface area (Å²) in [4.78, 5) is 26.0. The number of hydrogen-bond acceptors (Lipinski definition) is 7. The number of aromatic nitrogens is 8. The van der Waals surface area contributed by atoms with Crippen molar-refractivity contribution in [1.29, 1.82) is 0 Å². The van der Waals surface area contributed by atoms with Crippen LogP contribution < -0.4 is 0 Å². The van der Waals surface area contributed by atoms with Gasteiger partial charge in [-0.05, 0) is 24.3 Å². The fraction of sp³-hybridized carbons (Fsp3) is 0. The summed E-state index contributed by atoms with van der Waals surface area (Å²) in [6.45, 7) is 0. The van der Waals surface area contributed by atoms with E-state index in [1.165, 1.54) is 6.07 Å². The predicted molar refractivity (Wildman–Crippen MR) is 111 cm³/mol. The SMILES string of the molecule is Fc1ccc(-c2ccnc3[nH]c(-c4n[nH]c5ncc(-c6cnccn6)cc45)nc23)s1. The van der Waals surface area contributed by atoms with Crippen LogP contribution in [-0.4, -0.2) is 40.1 Å². The van der Waals surface area contributed by atoms with Crippen LogP contribution in [0.25, 0.3) is 55.4 Å². The Kier molecular flexibility index (Phi) is 3.65. The normalized spacial score (nSPS) is 11.5. The minimum Gasteiger partial charge on any atom is -0.321 e. The molecule has 0 unspecified atom stereocenters. The van der Waals surface area contributed by atoms with Gasteiger partial charge in [0.15, 0.2) is 22.2 Å². The number of imidazole rings is 1. The summed E-state index contributed by atoms with van der Waals surface area (Å²) in [7, 11) is 0. The van der Waals surface area contributed by atoms with Crippen LogP contribution in [0.15, 0.2) is 55.2 Å². The maximum Gasteiger partial charge on any atom is 0.176 e. The Morgan fingerprint density at radius 3 is 2.73 bits per heavy atom. The van der Waals surface area contributed by atoms with E-state index >= 15 is 0 Å². The van der Waals surface area contributed by atoms with Gasteiger partial charge in [-0.25, -0.2) is 15.0 Å². The summed E-state index contributed by atoms with van der Waals surface area (Å²) in [6.07, 6.45) is 8.33. The van der Waals surface area contributed by atoms with Crippen LogP contribution in [0.2, 0.25) is 0 Å². The summed E-state index contributed by atoms with van der Waals surface area (Å²) < 4.78 is 13.5. The van der Waals surface area contributed by atoms with Gasteiger partial charge in [0.1, 0.15) is 11.2 Å². The zero-order chi connectivity index (χ0) is 20.1. The van der Waals surface area contributed by atoms with Gasteiger partial charge in [-0.15, -0.1) is 11.3 Å². The molecule has 0 aliphatic heterocycles. The highest BCUT2D eigenvalue weighted by atomic mass is 32.1. The number of aromatic amines is 2. The van der Waals surface area contributed by atoms with E-state index < -0.39 is 0 Å². The molecule has 0 aromatic carbocycles. The lowest BCUT2D eigenvalue weighted by molar-refractivity contribution is 0.657. The van der Waals surface area contributed by atoms with Crippen LogP contribution in [-0.2, 0) is 0 Å². The highest BCUT2D eigenvalue weighted by molar-refractivity contribution is 7.14. The Hall–Kier alpha value is -4.05. The van der Waals surface area contributed by atoms with E-state index in [0.29, 0.717) is 34.0 Å². The van der Waals surface area contributed by atoms with E-state index in [4.69, 9.17) is 4.98 Å². The second-order valence-electron chi connectivity index (χ2n) is 6.53. The summed E-state index contributed by atoms with van der Waals surface area (Å²) in [5.41, 5.74) is 4.86. The molecule has 6 aromatic rings. The topological polar surface area (TPSA) is 109 Å². The molecule has 0 aliphatic carbocycles. The average Bonchev–Trinajstić information content (AvgIpc) is 3.51. The molecule has 8 nitrogen and oxygen atoms in total. The number of rotatable bonds is 3. The van der Waals surface area contributed by atoms with Crippen LogP contribution in [0.1, 0.15) is 0 Å². The Morgan fingerprint density at radius 1 is 0.933 bits per heavy atom. The van der Waals surface area contributed by atoms with Crippen molar-refractivity contribution in [3.05, 3.63) is 60.4 Å². The van der Waals surface area contributed by atoms with E-state index in [2.05, 4.69) is 35.1 Å². The zero-order valence-corrected chi connectivity index (χ0v) is 16.0. The van der Waals surface area contributed by atoms with Gasteiger partial charge in [-0.3, -0.25) is 15.1 Å². The van der Waals surface area contributed by atoms with Crippen molar-refractivity contribution in [2.24, 2.45) is 0 Å². The van der Waals surface area contributed by atoms with Gasteiger partial charge in [0.25, 0.3) is 0 Å². The van der Waals surface area contributed by atoms with Gasteiger partial charge in [0.2, 0.25) is 0 Å². The van der Waals surface area contributed by atoms with Crippen molar-refractivity contribution in [3.63, 3.8) is 0 Å². The maximum absolute atomic E-state index is 13.5. The van der Waals surface area contributed by atoms with Gasteiger partial charge >= 0.3 is 0 Å². The lowest BCUT2D eigenvalue weighted by Crippen LogP contribution is -1.87. The van der Waals surface area contributed by atoms with Crippen LogP contribution in [0.4, 0.5) is 4.39 Å². The average molecular weight is 414 g/mol. The summed E-state index contributed by atoms with van der Waals surface area (Å²) in [6, 6.07) is 6.96. The largest absolute Gasteiger partial charge is 0.321 e. The molecule has 10 heteroatoms. The quantitative estimate of drug-likeness (QED) is 0.449. The van der Waals surface area contributed by atoms with E-state index in [0.717, 1.165) is 32.7 Å². The van der Waals surface area contributed by atoms with Crippen molar-refractivity contribution >= 4 is 33.5 Å². The molecule has 6 heterocycles. The molecule has 0 fully saturated rings. The minimum atomic E-state index is -0.244. The highest BCUT2D eigenvalue weighted by Gasteiger charge is 2.17. The van der Waals surface area contributed by atoms with E-state index in [9.17, 15) is 4.39 Å². The second-order valence-corrected chi connectivity index (χ2v) is 7.56. The molecule has 0 radical (unpaired) electrons. The first-order valence-corrected chi connectivity index (χ1v) is 9.79. The van der Waals surface area contributed by atoms with Crippen molar-refractivity contribution in [2.45, 2.75) is 0 Å². The fourth-order valence-electron chi connectivity index (χ4n) is 3.35. The number of H-pyrrole nitrogens is 2. The number of hydrogen-bond donors (Lipinski definition) is 2. The number of nitrogens with zero attached hydrogens (tertiary/aromatic N) is 6. The number of fused-ring (bicyclic) bond motifs is 2. The number of nitrogens with one attached hydrogen (secondary N) is 2. The van der Waals surface area contributed by atoms with Crippen LogP contribution in [0.5, 0.6) is 0 Å². The third-order valence-electron chi connectivity index (χ3n) is 4.72. The van der Waals surface area contributed by atoms with Crippen molar-refractivity contribution in [3.8, 4) is 33.2 Å². The fourth-order valence-corrected chi connectivity index (χ4v) is 4.11. The smallest absolute Gasteiger partial charge is 0.176 e. The van der Waals surface area contributed by atoms with Crippen molar-refractivity contribution in [1.82, 2.24) is 40.1 Å². The first-order chi connectivity index (χ1) is 14.8. The Morgan fingerprint density at radius 2 is 1.90 bits per heavy atom. The molecule has 0 atom stereocenters. The summed E-state index contributed by atoms with van der Waals surface area (Å²) in [5, 5.41) is 7.88. The molecule has 0 aliphatic rings. The minimum absolute atomic E-state index is 0.244. The number of halogens is 1. The van der Waals surface area contributed by atoms with Crippen molar-refractivity contribution < 1.29 is 4.39 Å². The van der Waals surface area contributed by atoms with Crippen LogP contribution in [0.3, 0.4) is 0 Å². The lowest BCUT2D eigenvalue weighted by atomic mass is 10.1. The molecule has 144 valence electrons. The molecule has 0 bridgehead atoms. The van der Waals surface area contributed by atoms with E-state index in [1.807, 2.05) is 12.1 Å². The molecule has 2 N–H and O–H groups in total. The van der Waals surface area contributed by atoms with Crippen LogP contribution >= 0.6 is 11.3 Å². The highest BCUT2D eigenvalue weighted by Crippen LogP contribution is 2.34. The molecule has 0 spiro atoms. The van der Waals surface area contributed by atoms with Gasteiger partial charge < -0.3 is 4.98 Å². The molecule has 0 saturated carbocycles. The first-order valence-electron chi connectivity index (χ1n) is 8.97. The summed E-state index contributed by atoms with van der Waals surface area (Å²) in [5.74, 6) is 0.548. The van der Waals surface area contributed by atoms with Gasteiger partial charge in [-0.2, -0.15) is 9.49 Å². The van der Waals surface area contributed by atoms with Crippen LogP contribution in [0, 0.1) is 5.13 Å². The standard InChI is InChI=1S/C20H11FN8S/c21-15-2-1-14(30-15)11-3-4-24-19-16(11)26-20(27-19)17-12-7-10(8-25-18(12)29-28-17)13-9-22-5-6-23-13/h1-9H,(H,24,26,27)(H,25,28,29). The maximum atomic E-state index is 13.5. The number of pyridine rings is 2. The molecule has 0 amide bonds. The molecule has 30 heavy (non-hydrogen) atoms. The Bertz CT molecular complexity index is 1520. The monoisotopic (exact) mass is 414 g/mol. The van der Waals surface area contributed by atoms with Gasteiger partial charge in [0, 0.05) is 40.8 Å². The third kappa shape index (κ3) is 2.65. The molecule has 6 aromatic heterocycles. The Balaban J connectivity index is 1.52. The molecular formula is C20H11FN8S. The zero-order valence-electron chi connectivity index (χ0n) is 15.2. The molecule has 6 rings (SSSR count). The molecular weight excluding hydrogens is 403 g/mol. The van der Waals surface area contributed by atoms with Gasteiger partial charge in [0.05, 0.1) is 17.3 Å². The van der Waals surface area contributed by atoms with Crippen molar-refractivity contribution in [2.75, 3.05) is 0 Å². The van der Waals surface area contributed by atoms with Gasteiger partial charge in [-0.1, -0.05) is 0 Å². The second kappa shape index (κ2) is 6.49. The third-order valence-corrected chi connectivity index (χ3v) is 5.63. The molecule has 0 saturated heterocycles. The predicted octanol–water partition coefficient (Wildman–Crippen LogP) is 4.22. The lowest BCUT2D eigenvalue weighted by Gasteiger charge is -1.99. The number of thiophene rings is 1. The summed E-state index contributed by atoms with van der Waals surface area (Å²) >= 11 is 1.07. The first kappa shape index (κ1) is 16.9.